The van der Waals surface area contributed by atoms with E-state index in [2.05, 4.69) is 0 Å². The van der Waals surface area contributed by atoms with E-state index in [0.717, 1.165) is 5.56 Å². The van der Waals surface area contributed by atoms with Crippen LogP contribution in [0.5, 0.6) is 0 Å². The Kier molecular flexibility index (Phi) is 3.01. The van der Waals surface area contributed by atoms with E-state index in [1.165, 1.54) is 13.2 Å². The zero-order valence-electron chi connectivity index (χ0n) is 10.00. The number of halogens is 1. The molecule has 0 radical (unpaired) electrons. The van der Waals surface area contributed by atoms with Gasteiger partial charge in [-0.2, -0.15) is 0 Å². The van der Waals surface area contributed by atoms with E-state index in [-0.39, 0.29) is 11.8 Å². The van der Waals surface area contributed by atoms with Gasteiger partial charge in [-0.25, -0.2) is 4.39 Å². The molecule has 0 aliphatic heterocycles. The summed E-state index contributed by atoms with van der Waals surface area (Å²) in [5.74, 6) is -0.575. The first-order valence-corrected chi connectivity index (χ1v) is 5.61. The standard InChI is InChI=1S/C14H15FO2/c1-10-11(6-5-7-12(10)15)14(13(16)17-2)8-3-4-9-14/h3-7H,8-9H2,1-2H3. The molecule has 17 heavy (non-hydrogen) atoms. The summed E-state index contributed by atoms with van der Waals surface area (Å²) >= 11 is 0. The van der Waals surface area contributed by atoms with Gasteiger partial charge in [-0.1, -0.05) is 24.3 Å². The van der Waals surface area contributed by atoms with Crippen LogP contribution in [0.3, 0.4) is 0 Å². The van der Waals surface area contributed by atoms with Gasteiger partial charge in [-0.15, -0.1) is 0 Å². The van der Waals surface area contributed by atoms with E-state index < -0.39 is 5.41 Å². The van der Waals surface area contributed by atoms with E-state index in [4.69, 9.17) is 4.74 Å². The van der Waals surface area contributed by atoms with Gasteiger partial charge in [0.2, 0.25) is 0 Å². The zero-order chi connectivity index (χ0) is 12.5. The number of hydrogen-bond donors (Lipinski definition) is 0. The monoisotopic (exact) mass is 234 g/mol. The van der Waals surface area contributed by atoms with Gasteiger partial charge in [0.25, 0.3) is 0 Å². The third-order valence-corrected chi connectivity index (χ3v) is 3.46. The number of rotatable bonds is 2. The topological polar surface area (TPSA) is 26.3 Å². The maximum absolute atomic E-state index is 13.6. The van der Waals surface area contributed by atoms with Crippen molar-refractivity contribution in [1.29, 1.82) is 0 Å². The Labute approximate surface area is 100 Å². The highest BCUT2D eigenvalue weighted by atomic mass is 19.1. The van der Waals surface area contributed by atoms with Crippen molar-refractivity contribution in [3.05, 3.63) is 47.3 Å². The molecule has 0 N–H and O–H groups in total. The van der Waals surface area contributed by atoms with Crippen LogP contribution < -0.4 is 0 Å². The quantitative estimate of drug-likeness (QED) is 0.581. The molecule has 0 unspecified atom stereocenters. The SMILES string of the molecule is COC(=O)C1(c2cccc(F)c2C)CC=CC1. The number of allylic oxidation sites excluding steroid dienone is 2. The van der Waals surface area contributed by atoms with Crippen LogP contribution in [0.2, 0.25) is 0 Å². The molecule has 3 heteroatoms. The minimum Gasteiger partial charge on any atom is -0.468 e. The normalized spacial score (nSPS) is 17.1. The first-order chi connectivity index (χ1) is 8.12. The molecule has 0 aromatic heterocycles. The maximum Gasteiger partial charge on any atom is 0.316 e. The molecule has 0 atom stereocenters. The third kappa shape index (κ3) is 1.75. The molecule has 0 spiro atoms. The Bertz CT molecular complexity index is 469. The van der Waals surface area contributed by atoms with Crippen molar-refractivity contribution < 1.29 is 13.9 Å². The highest BCUT2D eigenvalue weighted by Crippen LogP contribution is 2.40. The number of esters is 1. The Morgan fingerprint density at radius 3 is 2.59 bits per heavy atom. The lowest BCUT2D eigenvalue weighted by atomic mass is 9.76. The summed E-state index contributed by atoms with van der Waals surface area (Å²) in [4.78, 5) is 12.0. The van der Waals surface area contributed by atoms with Gasteiger partial charge in [0, 0.05) is 0 Å². The zero-order valence-corrected chi connectivity index (χ0v) is 10.00. The lowest BCUT2D eigenvalue weighted by molar-refractivity contribution is -0.147. The van der Waals surface area contributed by atoms with Gasteiger partial charge in [-0.3, -0.25) is 4.79 Å². The lowest BCUT2D eigenvalue weighted by Gasteiger charge is -2.28. The van der Waals surface area contributed by atoms with E-state index in [1.54, 1.807) is 13.0 Å². The van der Waals surface area contributed by atoms with Crippen LogP contribution in [0.25, 0.3) is 0 Å². The van der Waals surface area contributed by atoms with Gasteiger partial charge in [0.1, 0.15) is 11.2 Å². The predicted molar refractivity (Wildman–Crippen MR) is 63.2 cm³/mol. The second-order valence-electron chi connectivity index (χ2n) is 4.37. The summed E-state index contributed by atoms with van der Waals surface area (Å²) in [7, 11) is 1.37. The minimum atomic E-state index is -0.735. The molecule has 1 aliphatic rings. The van der Waals surface area contributed by atoms with Crippen molar-refractivity contribution in [2.45, 2.75) is 25.2 Å². The number of benzene rings is 1. The van der Waals surface area contributed by atoms with E-state index in [9.17, 15) is 9.18 Å². The summed E-state index contributed by atoms with van der Waals surface area (Å²) in [5.41, 5.74) is 0.525. The summed E-state index contributed by atoms with van der Waals surface area (Å²) in [6.45, 7) is 1.70. The predicted octanol–water partition coefficient (Wildman–Crippen LogP) is 2.89. The van der Waals surface area contributed by atoms with Crippen LogP contribution in [-0.4, -0.2) is 13.1 Å². The number of carbonyl (C=O) groups is 1. The fraction of sp³-hybridized carbons (Fsp3) is 0.357. The van der Waals surface area contributed by atoms with Crippen molar-refractivity contribution in [3.63, 3.8) is 0 Å². The Morgan fingerprint density at radius 2 is 2.00 bits per heavy atom. The Hall–Kier alpha value is -1.64. The van der Waals surface area contributed by atoms with Crippen molar-refractivity contribution in [1.82, 2.24) is 0 Å². The summed E-state index contributed by atoms with van der Waals surface area (Å²) in [5, 5.41) is 0. The van der Waals surface area contributed by atoms with Gasteiger partial charge in [0.05, 0.1) is 7.11 Å². The largest absolute Gasteiger partial charge is 0.468 e. The molecule has 0 saturated carbocycles. The molecule has 1 aromatic rings. The number of carbonyl (C=O) groups excluding carboxylic acids is 1. The van der Waals surface area contributed by atoms with Gasteiger partial charge < -0.3 is 4.74 Å². The van der Waals surface area contributed by atoms with Crippen LogP contribution >= 0.6 is 0 Å². The van der Waals surface area contributed by atoms with Gasteiger partial charge in [-0.05, 0) is 37.0 Å². The lowest BCUT2D eigenvalue weighted by Crippen LogP contribution is -2.35. The van der Waals surface area contributed by atoms with Gasteiger partial charge in [0.15, 0.2) is 0 Å². The van der Waals surface area contributed by atoms with Crippen LogP contribution in [0.1, 0.15) is 24.0 Å². The first-order valence-electron chi connectivity index (χ1n) is 5.61. The van der Waals surface area contributed by atoms with Crippen LogP contribution in [0.4, 0.5) is 4.39 Å². The molecule has 2 rings (SSSR count). The summed E-state index contributed by atoms with van der Waals surface area (Å²) in [6.07, 6.45) is 5.04. The number of hydrogen-bond acceptors (Lipinski definition) is 2. The highest BCUT2D eigenvalue weighted by Gasteiger charge is 2.43. The minimum absolute atomic E-state index is 0.280. The fourth-order valence-electron chi connectivity index (χ4n) is 2.47. The Balaban J connectivity index is 2.54. The third-order valence-electron chi connectivity index (χ3n) is 3.46. The van der Waals surface area contributed by atoms with E-state index in [0.29, 0.717) is 18.4 Å². The van der Waals surface area contributed by atoms with Crippen LogP contribution in [0.15, 0.2) is 30.4 Å². The molecule has 0 heterocycles. The average Bonchev–Trinajstić information content (AvgIpc) is 2.82. The number of ether oxygens (including phenoxy) is 1. The number of methoxy groups -OCH3 is 1. The molecule has 0 saturated heterocycles. The smallest absolute Gasteiger partial charge is 0.316 e. The van der Waals surface area contributed by atoms with Gasteiger partial charge >= 0.3 is 5.97 Å². The second kappa shape index (κ2) is 4.32. The second-order valence-corrected chi connectivity index (χ2v) is 4.37. The van der Waals surface area contributed by atoms with Crippen molar-refractivity contribution in [2.24, 2.45) is 0 Å². The Morgan fingerprint density at radius 1 is 1.35 bits per heavy atom. The first kappa shape index (κ1) is 11.8. The molecule has 0 amide bonds. The van der Waals surface area contributed by atoms with Crippen molar-refractivity contribution in [2.75, 3.05) is 7.11 Å². The van der Waals surface area contributed by atoms with Crippen LogP contribution in [-0.2, 0) is 14.9 Å². The fourth-order valence-corrected chi connectivity index (χ4v) is 2.47. The van der Waals surface area contributed by atoms with E-state index >= 15 is 0 Å². The molecular formula is C14H15FO2. The molecule has 90 valence electrons. The molecule has 1 aliphatic carbocycles. The van der Waals surface area contributed by atoms with Crippen molar-refractivity contribution >= 4 is 5.97 Å². The highest BCUT2D eigenvalue weighted by molar-refractivity contribution is 5.85. The molecule has 1 aromatic carbocycles. The molecular weight excluding hydrogens is 219 g/mol. The molecule has 0 fully saturated rings. The molecule has 0 bridgehead atoms. The van der Waals surface area contributed by atoms with Crippen molar-refractivity contribution in [3.8, 4) is 0 Å². The van der Waals surface area contributed by atoms with E-state index in [1.807, 2.05) is 18.2 Å². The molecule has 2 nitrogen and oxygen atoms in total. The van der Waals surface area contributed by atoms with Crippen LogP contribution in [0, 0.1) is 12.7 Å². The average molecular weight is 234 g/mol. The maximum atomic E-state index is 13.6. The summed E-state index contributed by atoms with van der Waals surface area (Å²) < 4.78 is 18.5. The summed E-state index contributed by atoms with van der Waals surface area (Å²) in [6, 6.07) is 4.86.